The predicted molar refractivity (Wildman–Crippen MR) is 41.8 cm³/mol. The van der Waals surface area contributed by atoms with E-state index in [4.69, 9.17) is 9.84 Å². The second-order valence-electron chi connectivity index (χ2n) is 2.16. The van der Waals surface area contributed by atoms with Crippen LogP contribution < -0.4 is 0 Å². The summed E-state index contributed by atoms with van der Waals surface area (Å²) in [6.07, 6.45) is 2.26. The molecule has 0 aromatic heterocycles. The van der Waals surface area contributed by atoms with Gasteiger partial charge in [0.2, 0.25) is 0 Å². The maximum atomic E-state index is 8.67. The lowest BCUT2D eigenvalue weighted by Crippen LogP contribution is -1.85. The van der Waals surface area contributed by atoms with Gasteiger partial charge < -0.3 is 9.84 Å². The average molecular weight is 142 g/mol. The molecule has 0 radical (unpaired) electrons. The van der Waals surface area contributed by atoms with Gasteiger partial charge in [0.05, 0.1) is 18.6 Å². The molecular weight excluding hydrogens is 128 g/mol. The summed E-state index contributed by atoms with van der Waals surface area (Å²) in [6, 6.07) is 0. The molecule has 10 heavy (non-hydrogen) atoms. The highest BCUT2D eigenvalue weighted by atomic mass is 16.5. The molecule has 0 atom stereocenters. The largest absolute Gasteiger partial charge is 0.513 e. The minimum Gasteiger partial charge on any atom is -0.513 e. The molecule has 0 aromatic carbocycles. The molecular formula is C8H14O2. The maximum absolute atomic E-state index is 8.67. The van der Waals surface area contributed by atoms with Gasteiger partial charge in [-0.3, -0.25) is 0 Å². The van der Waals surface area contributed by atoms with E-state index in [0.29, 0.717) is 6.42 Å². The van der Waals surface area contributed by atoms with Crippen LogP contribution in [0, 0.1) is 0 Å². The maximum Gasteiger partial charge on any atom is 0.0884 e. The van der Waals surface area contributed by atoms with Crippen molar-refractivity contribution in [3.8, 4) is 0 Å². The zero-order valence-corrected chi connectivity index (χ0v) is 6.39. The van der Waals surface area contributed by atoms with Crippen LogP contribution >= 0.6 is 0 Å². The van der Waals surface area contributed by atoms with Crippen LogP contribution in [0.1, 0.15) is 19.3 Å². The number of rotatable bonds is 5. The Balaban J connectivity index is 3.20. The van der Waals surface area contributed by atoms with Crippen LogP contribution in [0.25, 0.3) is 0 Å². The van der Waals surface area contributed by atoms with Crippen LogP contribution in [0.15, 0.2) is 24.7 Å². The molecule has 0 aliphatic heterocycles. The lowest BCUT2D eigenvalue weighted by atomic mass is 10.2. The fourth-order valence-corrected chi connectivity index (χ4v) is 0.592. The lowest BCUT2D eigenvalue weighted by Gasteiger charge is -2.01. The van der Waals surface area contributed by atoms with E-state index in [9.17, 15) is 0 Å². The number of ether oxygens (including phenoxy) is 1. The van der Waals surface area contributed by atoms with Crippen molar-refractivity contribution >= 4 is 0 Å². The van der Waals surface area contributed by atoms with Gasteiger partial charge in [-0.25, -0.2) is 0 Å². The van der Waals surface area contributed by atoms with E-state index >= 15 is 0 Å². The quantitative estimate of drug-likeness (QED) is 0.597. The number of aliphatic hydroxyl groups is 1. The summed E-state index contributed by atoms with van der Waals surface area (Å²) in [5, 5.41) is 8.67. The first kappa shape index (κ1) is 9.08. The molecule has 0 rings (SSSR count). The van der Waals surface area contributed by atoms with Gasteiger partial charge in [0.1, 0.15) is 0 Å². The Labute approximate surface area is 61.8 Å². The third-order valence-electron chi connectivity index (χ3n) is 1.21. The molecule has 0 saturated heterocycles. The standard InChI is InChI=1S/C8H14O2/c1-7(9)5-4-6-8(2)10-3/h9H,1-2,4-6H2,3H3. The van der Waals surface area contributed by atoms with Crippen molar-refractivity contribution < 1.29 is 9.84 Å². The Kier molecular flexibility index (Phi) is 4.46. The third kappa shape index (κ3) is 5.22. The van der Waals surface area contributed by atoms with E-state index in [1.54, 1.807) is 7.11 Å². The molecule has 58 valence electrons. The smallest absolute Gasteiger partial charge is 0.0884 e. The van der Waals surface area contributed by atoms with Crippen LogP contribution in [0.3, 0.4) is 0 Å². The van der Waals surface area contributed by atoms with E-state index in [0.717, 1.165) is 18.6 Å². The van der Waals surface area contributed by atoms with Crippen molar-refractivity contribution in [2.75, 3.05) is 7.11 Å². The predicted octanol–water partition coefficient (Wildman–Crippen LogP) is 2.39. The van der Waals surface area contributed by atoms with Gasteiger partial charge in [-0.05, 0) is 6.42 Å². The highest BCUT2D eigenvalue weighted by Crippen LogP contribution is 2.07. The Bertz CT molecular complexity index is 127. The average Bonchev–Trinajstić information content (AvgIpc) is 1.87. The van der Waals surface area contributed by atoms with Crippen molar-refractivity contribution in [2.45, 2.75) is 19.3 Å². The summed E-state index contributed by atoms with van der Waals surface area (Å²) in [6.45, 7) is 7.00. The third-order valence-corrected chi connectivity index (χ3v) is 1.21. The Morgan fingerprint density at radius 3 is 2.40 bits per heavy atom. The molecule has 2 nitrogen and oxygen atoms in total. The molecule has 0 unspecified atom stereocenters. The summed E-state index contributed by atoms with van der Waals surface area (Å²) >= 11 is 0. The zero-order valence-electron chi connectivity index (χ0n) is 6.39. The van der Waals surface area contributed by atoms with Crippen molar-refractivity contribution in [1.82, 2.24) is 0 Å². The van der Waals surface area contributed by atoms with Gasteiger partial charge in [0.25, 0.3) is 0 Å². The molecule has 0 spiro atoms. The van der Waals surface area contributed by atoms with Gasteiger partial charge in [-0.15, -0.1) is 0 Å². The van der Waals surface area contributed by atoms with Gasteiger partial charge >= 0.3 is 0 Å². The van der Waals surface area contributed by atoms with Crippen molar-refractivity contribution in [2.24, 2.45) is 0 Å². The lowest BCUT2D eigenvalue weighted by molar-refractivity contribution is 0.274. The summed E-state index contributed by atoms with van der Waals surface area (Å²) < 4.78 is 4.83. The van der Waals surface area contributed by atoms with Crippen LogP contribution in [0.2, 0.25) is 0 Å². The second kappa shape index (κ2) is 4.91. The van der Waals surface area contributed by atoms with Crippen molar-refractivity contribution in [3.05, 3.63) is 24.7 Å². The second-order valence-corrected chi connectivity index (χ2v) is 2.16. The SMILES string of the molecule is C=C(O)CCCC(=C)OC. The van der Waals surface area contributed by atoms with E-state index in [1.807, 2.05) is 0 Å². The number of aliphatic hydroxyl groups excluding tert-OH is 1. The summed E-state index contributed by atoms with van der Waals surface area (Å²) in [5.74, 6) is 0.977. The number of hydrogen-bond donors (Lipinski definition) is 1. The first-order valence-corrected chi connectivity index (χ1v) is 3.25. The Morgan fingerprint density at radius 1 is 1.40 bits per heavy atom. The highest BCUT2D eigenvalue weighted by Gasteiger charge is 1.93. The van der Waals surface area contributed by atoms with Crippen LogP contribution in [0.4, 0.5) is 0 Å². The van der Waals surface area contributed by atoms with E-state index in [1.165, 1.54) is 0 Å². The van der Waals surface area contributed by atoms with Gasteiger partial charge in [0.15, 0.2) is 0 Å². The van der Waals surface area contributed by atoms with E-state index in [-0.39, 0.29) is 5.76 Å². The normalized spacial score (nSPS) is 8.90. The van der Waals surface area contributed by atoms with Crippen LogP contribution in [0.5, 0.6) is 0 Å². The fourth-order valence-electron chi connectivity index (χ4n) is 0.592. The van der Waals surface area contributed by atoms with Crippen molar-refractivity contribution in [1.29, 1.82) is 0 Å². The summed E-state index contributed by atoms with van der Waals surface area (Å²) in [4.78, 5) is 0. The molecule has 0 aromatic rings. The summed E-state index contributed by atoms with van der Waals surface area (Å²) in [7, 11) is 1.59. The Hall–Kier alpha value is -0.920. The van der Waals surface area contributed by atoms with Gasteiger partial charge in [0, 0.05) is 12.8 Å². The molecule has 2 heteroatoms. The number of allylic oxidation sites excluding steroid dienone is 2. The van der Waals surface area contributed by atoms with Gasteiger partial charge in [-0.2, -0.15) is 0 Å². The van der Waals surface area contributed by atoms with E-state index in [2.05, 4.69) is 13.2 Å². The monoisotopic (exact) mass is 142 g/mol. The molecule has 0 aliphatic rings. The molecule has 0 amide bonds. The molecule has 0 heterocycles. The molecule has 0 aliphatic carbocycles. The van der Waals surface area contributed by atoms with E-state index < -0.39 is 0 Å². The van der Waals surface area contributed by atoms with Gasteiger partial charge in [-0.1, -0.05) is 13.2 Å². The number of hydrogen-bond acceptors (Lipinski definition) is 2. The minimum absolute atomic E-state index is 0.226. The van der Waals surface area contributed by atoms with Crippen LogP contribution in [-0.4, -0.2) is 12.2 Å². The first-order chi connectivity index (χ1) is 4.66. The molecule has 0 bridgehead atoms. The Morgan fingerprint density at radius 2 is 2.00 bits per heavy atom. The topological polar surface area (TPSA) is 29.5 Å². The molecule has 0 saturated carbocycles. The van der Waals surface area contributed by atoms with Crippen LogP contribution in [-0.2, 0) is 4.74 Å². The molecule has 1 N–H and O–H groups in total. The summed E-state index contributed by atoms with van der Waals surface area (Å²) in [5.41, 5.74) is 0. The van der Waals surface area contributed by atoms with Crippen molar-refractivity contribution in [3.63, 3.8) is 0 Å². The number of methoxy groups -OCH3 is 1. The first-order valence-electron chi connectivity index (χ1n) is 3.25. The zero-order chi connectivity index (χ0) is 7.98. The minimum atomic E-state index is 0.226. The fraction of sp³-hybridized carbons (Fsp3) is 0.500. The molecule has 0 fully saturated rings. The highest BCUT2D eigenvalue weighted by molar-refractivity contribution is 4.85.